The Kier molecular flexibility index (Phi) is 7.02. The molecule has 0 aliphatic carbocycles. The number of aromatic hydroxyl groups is 1. The predicted octanol–water partition coefficient (Wildman–Crippen LogP) is 5.85. The molecule has 0 saturated carbocycles. The molecule has 0 amide bonds. The van der Waals surface area contributed by atoms with Crippen LogP contribution in [0.4, 0.5) is 13.2 Å². The fourth-order valence-electron chi connectivity index (χ4n) is 3.20. The van der Waals surface area contributed by atoms with E-state index >= 15 is 0 Å². The molecule has 0 atom stereocenters. The van der Waals surface area contributed by atoms with E-state index in [0.717, 1.165) is 6.54 Å². The fourth-order valence-corrected chi connectivity index (χ4v) is 3.20. The van der Waals surface area contributed by atoms with Crippen molar-refractivity contribution in [2.45, 2.75) is 6.18 Å². The van der Waals surface area contributed by atoms with Crippen molar-refractivity contribution < 1.29 is 23.0 Å². The summed E-state index contributed by atoms with van der Waals surface area (Å²) in [6.45, 7) is 1.21. The Hall–Kier alpha value is -3.25. The molecule has 6 heteroatoms. The fraction of sp³-hybridized carbons (Fsp3) is 0.200. The third-order valence-corrected chi connectivity index (χ3v) is 4.70. The van der Waals surface area contributed by atoms with E-state index in [1.807, 2.05) is 19.0 Å². The van der Waals surface area contributed by atoms with Gasteiger partial charge in [-0.15, -0.1) is 0 Å². The third-order valence-electron chi connectivity index (χ3n) is 4.70. The Morgan fingerprint density at radius 3 is 1.90 bits per heavy atom. The maximum Gasteiger partial charge on any atom is 0.417 e. The highest BCUT2D eigenvalue weighted by Crippen LogP contribution is 2.43. The highest BCUT2D eigenvalue weighted by atomic mass is 19.4. The number of halogens is 3. The number of likely N-dealkylation sites (N-methyl/N-ethyl adjacent to an activating group) is 1. The van der Waals surface area contributed by atoms with Gasteiger partial charge in [0.2, 0.25) is 0 Å². The van der Waals surface area contributed by atoms with Crippen molar-refractivity contribution in [2.75, 3.05) is 27.2 Å². The van der Waals surface area contributed by atoms with Crippen LogP contribution in [0.3, 0.4) is 0 Å². The summed E-state index contributed by atoms with van der Waals surface area (Å²) in [4.78, 5) is 1.98. The summed E-state index contributed by atoms with van der Waals surface area (Å²) in [6.07, 6.45) is -4.61. The van der Waals surface area contributed by atoms with Crippen molar-refractivity contribution in [1.29, 1.82) is 0 Å². The molecule has 3 aromatic carbocycles. The molecule has 0 bridgehead atoms. The summed E-state index contributed by atoms with van der Waals surface area (Å²) < 4.78 is 48.6. The molecule has 0 aliphatic rings. The molecule has 0 saturated heterocycles. The highest BCUT2D eigenvalue weighted by molar-refractivity contribution is 6.00. The van der Waals surface area contributed by atoms with Crippen LogP contribution in [0.25, 0.3) is 11.1 Å². The minimum atomic E-state index is -4.61. The molecule has 0 aliphatic heterocycles. The van der Waals surface area contributed by atoms with Gasteiger partial charge in [0.15, 0.2) is 0 Å². The van der Waals surface area contributed by atoms with E-state index in [2.05, 4.69) is 0 Å². The Bertz CT molecular complexity index is 1010. The van der Waals surface area contributed by atoms with E-state index in [-0.39, 0.29) is 16.9 Å². The lowest BCUT2D eigenvalue weighted by Gasteiger charge is -2.20. The number of phenols is 1. The molecule has 162 valence electrons. The SMILES string of the molecule is CN(C)CCOc1ccc(C(=C(c2ccc(O)cc2)C(F)(F)F)c2ccccc2)cc1. The van der Waals surface area contributed by atoms with E-state index in [4.69, 9.17) is 4.74 Å². The van der Waals surface area contributed by atoms with Gasteiger partial charge in [-0.05, 0) is 55.1 Å². The first-order valence-corrected chi connectivity index (χ1v) is 9.80. The lowest BCUT2D eigenvalue weighted by molar-refractivity contribution is -0.0685. The largest absolute Gasteiger partial charge is 0.508 e. The van der Waals surface area contributed by atoms with Gasteiger partial charge in [0, 0.05) is 12.1 Å². The van der Waals surface area contributed by atoms with E-state index in [1.54, 1.807) is 54.6 Å². The summed E-state index contributed by atoms with van der Waals surface area (Å²) in [5, 5.41) is 9.54. The van der Waals surface area contributed by atoms with Crippen molar-refractivity contribution in [3.05, 3.63) is 95.6 Å². The van der Waals surface area contributed by atoms with Gasteiger partial charge in [-0.25, -0.2) is 0 Å². The molecule has 0 radical (unpaired) electrons. The molecule has 0 aromatic heterocycles. The zero-order chi connectivity index (χ0) is 22.4. The first kappa shape index (κ1) is 22.4. The zero-order valence-corrected chi connectivity index (χ0v) is 17.4. The van der Waals surface area contributed by atoms with Crippen LogP contribution in [0.5, 0.6) is 11.5 Å². The van der Waals surface area contributed by atoms with Gasteiger partial charge in [0.05, 0.1) is 5.57 Å². The van der Waals surface area contributed by atoms with Gasteiger partial charge >= 0.3 is 6.18 Å². The number of rotatable bonds is 7. The number of hydrogen-bond acceptors (Lipinski definition) is 3. The minimum absolute atomic E-state index is 0.0181. The topological polar surface area (TPSA) is 32.7 Å². The van der Waals surface area contributed by atoms with Crippen LogP contribution < -0.4 is 4.74 Å². The molecule has 0 spiro atoms. The highest BCUT2D eigenvalue weighted by Gasteiger charge is 2.38. The van der Waals surface area contributed by atoms with Crippen LogP contribution in [0, 0.1) is 0 Å². The zero-order valence-electron chi connectivity index (χ0n) is 17.4. The molecule has 1 N–H and O–H groups in total. The Morgan fingerprint density at radius 2 is 1.35 bits per heavy atom. The smallest absolute Gasteiger partial charge is 0.417 e. The van der Waals surface area contributed by atoms with Gasteiger partial charge in [-0.2, -0.15) is 13.2 Å². The molecular weight excluding hydrogens is 403 g/mol. The number of hydrogen-bond donors (Lipinski definition) is 1. The number of phenolic OH excluding ortho intramolecular Hbond substituents is 1. The molecule has 3 rings (SSSR count). The van der Waals surface area contributed by atoms with Gasteiger partial charge in [0.25, 0.3) is 0 Å². The van der Waals surface area contributed by atoms with Crippen molar-refractivity contribution in [2.24, 2.45) is 0 Å². The third kappa shape index (κ3) is 5.89. The normalized spacial score (nSPS) is 12.6. The molecule has 3 nitrogen and oxygen atoms in total. The van der Waals surface area contributed by atoms with Crippen LogP contribution in [-0.2, 0) is 0 Å². The molecule has 0 heterocycles. The van der Waals surface area contributed by atoms with Crippen molar-refractivity contribution in [3.63, 3.8) is 0 Å². The van der Waals surface area contributed by atoms with Crippen molar-refractivity contribution in [3.8, 4) is 11.5 Å². The van der Waals surface area contributed by atoms with Gasteiger partial charge in [0.1, 0.15) is 18.1 Å². The second-order valence-electron chi connectivity index (χ2n) is 7.34. The summed E-state index contributed by atoms with van der Waals surface area (Å²) in [5.41, 5.74) is 0.157. The first-order valence-electron chi connectivity index (χ1n) is 9.80. The number of allylic oxidation sites excluding steroid dienone is 1. The number of benzene rings is 3. The first-order chi connectivity index (χ1) is 14.8. The Balaban J connectivity index is 2.12. The van der Waals surface area contributed by atoms with E-state index < -0.39 is 11.7 Å². The average Bonchev–Trinajstić information content (AvgIpc) is 2.73. The lowest BCUT2D eigenvalue weighted by atomic mass is 9.89. The molecule has 0 unspecified atom stereocenters. The van der Waals surface area contributed by atoms with Crippen molar-refractivity contribution in [1.82, 2.24) is 4.90 Å². The van der Waals surface area contributed by atoms with Gasteiger partial charge in [-0.3, -0.25) is 0 Å². The van der Waals surface area contributed by atoms with Crippen molar-refractivity contribution >= 4 is 11.1 Å². The Morgan fingerprint density at radius 1 is 0.806 bits per heavy atom. The van der Waals surface area contributed by atoms with E-state index in [1.165, 1.54) is 24.3 Å². The van der Waals surface area contributed by atoms with Crippen LogP contribution >= 0.6 is 0 Å². The summed E-state index contributed by atoms with van der Waals surface area (Å²) in [7, 11) is 3.87. The molecule has 0 fully saturated rings. The monoisotopic (exact) mass is 427 g/mol. The standard InChI is InChI=1S/C25H24F3NO2/c1-29(2)16-17-31-22-14-10-19(11-15-22)23(18-6-4-3-5-7-18)24(25(26,27)28)20-8-12-21(30)13-9-20/h3-15,30H,16-17H2,1-2H3. The number of nitrogens with zero attached hydrogens (tertiary/aromatic N) is 1. The van der Waals surface area contributed by atoms with Crippen LogP contribution in [0.15, 0.2) is 78.9 Å². The average molecular weight is 427 g/mol. The maximum atomic E-state index is 14.3. The Labute approximate surface area is 180 Å². The number of alkyl halides is 3. The van der Waals surface area contributed by atoms with E-state index in [9.17, 15) is 18.3 Å². The lowest BCUT2D eigenvalue weighted by Crippen LogP contribution is -2.19. The van der Waals surface area contributed by atoms with Crippen LogP contribution in [0.1, 0.15) is 16.7 Å². The minimum Gasteiger partial charge on any atom is -0.508 e. The predicted molar refractivity (Wildman–Crippen MR) is 117 cm³/mol. The van der Waals surface area contributed by atoms with Gasteiger partial charge < -0.3 is 14.7 Å². The molecule has 3 aromatic rings. The van der Waals surface area contributed by atoms with Crippen LogP contribution in [-0.4, -0.2) is 43.4 Å². The quantitative estimate of drug-likeness (QED) is 0.480. The summed E-state index contributed by atoms with van der Waals surface area (Å²) >= 11 is 0. The van der Waals surface area contributed by atoms with E-state index in [0.29, 0.717) is 23.5 Å². The maximum absolute atomic E-state index is 14.3. The second kappa shape index (κ2) is 9.71. The summed E-state index contributed by atoms with van der Waals surface area (Å²) in [6, 6.07) is 20.2. The summed E-state index contributed by atoms with van der Waals surface area (Å²) in [5.74, 6) is 0.502. The van der Waals surface area contributed by atoms with Gasteiger partial charge in [-0.1, -0.05) is 54.6 Å². The number of ether oxygens (including phenoxy) is 1. The molecule has 31 heavy (non-hydrogen) atoms. The molecular formula is C25H24F3NO2. The second-order valence-corrected chi connectivity index (χ2v) is 7.34. The van der Waals surface area contributed by atoms with Crippen LogP contribution in [0.2, 0.25) is 0 Å².